The minimum atomic E-state index is -0.963. The molecular formula is C18H18FNO3. The highest BCUT2D eigenvalue weighted by Gasteiger charge is 2.18. The number of halogens is 1. The Balaban J connectivity index is 1.90. The van der Waals surface area contributed by atoms with Crippen LogP contribution in [0.4, 0.5) is 10.1 Å². The van der Waals surface area contributed by atoms with Crippen LogP contribution in [-0.4, -0.2) is 18.0 Å². The highest BCUT2D eigenvalue weighted by atomic mass is 19.1. The molecule has 0 fully saturated rings. The van der Waals surface area contributed by atoms with Crippen LogP contribution in [0.15, 0.2) is 48.5 Å². The molecule has 1 N–H and O–H groups in total. The zero-order valence-electron chi connectivity index (χ0n) is 13.0. The average molecular weight is 315 g/mol. The fourth-order valence-corrected chi connectivity index (χ4v) is 2.07. The molecule has 2 aromatic rings. The van der Waals surface area contributed by atoms with Crippen LogP contribution in [0.5, 0.6) is 0 Å². The molecule has 1 atom stereocenters. The van der Waals surface area contributed by atoms with Gasteiger partial charge in [0.15, 0.2) is 6.10 Å². The van der Waals surface area contributed by atoms with Gasteiger partial charge in [0.05, 0.1) is 6.42 Å². The minimum absolute atomic E-state index is 0.101. The standard InChI is InChI=1S/C18H18FNO3/c1-12-6-3-4-7-14(12)10-17(21)23-13(2)18(22)20-16-9-5-8-15(19)11-16/h3-9,11,13H,10H2,1-2H3,(H,20,22)/t13-/m1/s1. The smallest absolute Gasteiger partial charge is 0.311 e. The van der Waals surface area contributed by atoms with Gasteiger partial charge >= 0.3 is 5.97 Å². The number of carbonyl (C=O) groups is 2. The number of hydrogen-bond donors (Lipinski definition) is 1. The molecule has 23 heavy (non-hydrogen) atoms. The Kier molecular flexibility index (Phi) is 5.46. The molecule has 0 saturated heterocycles. The van der Waals surface area contributed by atoms with E-state index in [1.807, 2.05) is 31.2 Å². The van der Waals surface area contributed by atoms with Crippen molar-refractivity contribution in [2.24, 2.45) is 0 Å². The van der Waals surface area contributed by atoms with Gasteiger partial charge in [0.1, 0.15) is 5.82 Å². The zero-order chi connectivity index (χ0) is 16.8. The summed E-state index contributed by atoms with van der Waals surface area (Å²) in [5.74, 6) is -1.44. The number of benzene rings is 2. The minimum Gasteiger partial charge on any atom is -0.452 e. The molecule has 1 amide bonds. The van der Waals surface area contributed by atoms with Gasteiger partial charge in [-0.3, -0.25) is 9.59 Å². The molecule has 0 aliphatic rings. The van der Waals surface area contributed by atoms with E-state index in [0.29, 0.717) is 5.69 Å². The van der Waals surface area contributed by atoms with E-state index in [-0.39, 0.29) is 6.42 Å². The lowest BCUT2D eigenvalue weighted by Crippen LogP contribution is -2.30. The number of nitrogens with one attached hydrogen (secondary N) is 1. The summed E-state index contributed by atoms with van der Waals surface area (Å²) in [4.78, 5) is 23.9. The molecule has 4 nitrogen and oxygen atoms in total. The lowest BCUT2D eigenvalue weighted by molar-refractivity contribution is -0.152. The second-order valence-corrected chi connectivity index (χ2v) is 5.23. The van der Waals surface area contributed by atoms with E-state index < -0.39 is 23.8 Å². The van der Waals surface area contributed by atoms with Gasteiger partial charge in [0.2, 0.25) is 0 Å². The summed E-state index contributed by atoms with van der Waals surface area (Å²) >= 11 is 0. The zero-order valence-corrected chi connectivity index (χ0v) is 13.0. The summed E-state index contributed by atoms with van der Waals surface area (Å²) in [6.45, 7) is 3.38. The Bertz CT molecular complexity index is 715. The van der Waals surface area contributed by atoms with Crippen LogP contribution in [0, 0.1) is 12.7 Å². The first-order valence-electron chi connectivity index (χ1n) is 7.26. The van der Waals surface area contributed by atoms with E-state index in [9.17, 15) is 14.0 Å². The molecule has 0 heterocycles. The normalized spacial score (nSPS) is 11.6. The van der Waals surface area contributed by atoms with Crippen LogP contribution in [0.25, 0.3) is 0 Å². The number of amides is 1. The third-order valence-electron chi connectivity index (χ3n) is 3.37. The monoisotopic (exact) mass is 315 g/mol. The fraction of sp³-hybridized carbons (Fsp3) is 0.222. The van der Waals surface area contributed by atoms with Crippen LogP contribution in [-0.2, 0) is 20.7 Å². The molecule has 0 radical (unpaired) electrons. The summed E-state index contributed by atoms with van der Waals surface area (Å²) in [7, 11) is 0. The van der Waals surface area contributed by atoms with Crippen molar-refractivity contribution in [3.63, 3.8) is 0 Å². The van der Waals surface area contributed by atoms with Gasteiger partial charge < -0.3 is 10.1 Å². The predicted molar refractivity (Wildman–Crippen MR) is 85.5 cm³/mol. The van der Waals surface area contributed by atoms with Crippen molar-refractivity contribution in [3.8, 4) is 0 Å². The summed E-state index contributed by atoms with van der Waals surface area (Å²) in [6.07, 6.45) is -0.862. The molecule has 120 valence electrons. The molecule has 5 heteroatoms. The average Bonchev–Trinajstić information content (AvgIpc) is 2.49. The number of hydrogen-bond acceptors (Lipinski definition) is 3. The van der Waals surface area contributed by atoms with Crippen molar-refractivity contribution in [2.75, 3.05) is 5.32 Å². The molecule has 2 rings (SSSR count). The third-order valence-corrected chi connectivity index (χ3v) is 3.37. The number of aryl methyl sites for hydroxylation is 1. The molecule has 0 spiro atoms. The fourth-order valence-electron chi connectivity index (χ4n) is 2.07. The summed E-state index contributed by atoms with van der Waals surface area (Å²) in [5.41, 5.74) is 2.16. The molecule has 0 unspecified atom stereocenters. The Labute approximate surface area is 134 Å². The molecule has 0 bridgehead atoms. The molecular weight excluding hydrogens is 297 g/mol. The van der Waals surface area contributed by atoms with Gasteiger partial charge in [-0.15, -0.1) is 0 Å². The Morgan fingerprint density at radius 1 is 1.17 bits per heavy atom. The first-order chi connectivity index (χ1) is 11.0. The van der Waals surface area contributed by atoms with Gasteiger partial charge in [-0.25, -0.2) is 4.39 Å². The van der Waals surface area contributed by atoms with Crippen molar-refractivity contribution < 1.29 is 18.7 Å². The van der Waals surface area contributed by atoms with Gasteiger partial charge in [-0.1, -0.05) is 30.3 Å². The molecule has 0 aliphatic carbocycles. The van der Waals surface area contributed by atoms with E-state index in [0.717, 1.165) is 11.1 Å². The van der Waals surface area contributed by atoms with Crippen molar-refractivity contribution in [1.29, 1.82) is 0 Å². The number of anilines is 1. The lowest BCUT2D eigenvalue weighted by atomic mass is 10.1. The number of rotatable bonds is 5. The maximum Gasteiger partial charge on any atom is 0.311 e. The van der Waals surface area contributed by atoms with Gasteiger partial charge in [-0.05, 0) is 43.2 Å². The van der Waals surface area contributed by atoms with Crippen molar-refractivity contribution in [1.82, 2.24) is 0 Å². The highest BCUT2D eigenvalue weighted by molar-refractivity contribution is 5.95. The molecule has 0 aromatic heterocycles. The molecule has 0 saturated carbocycles. The van der Waals surface area contributed by atoms with E-state index >= 15 is 0 Å². The van der Waals surface area contributed by atoms with Crippen molar-refractivity contribution >= 4 is 17.6 Å². The quantitative estimate of drug-likeness (QED) is 0.862. The Morgan fingerprint density at radius 3 is 2.61 bits per heavy atom. The number of esters is 1. The second-order valence-electron chi connectivity index (χ2n) is 5.23. The lowest BCUT2D eigenvalue weighted by Gasteiger charge is -2.14. The van der Waals surface area contributed by atoms with Crippen molar-refractivity contribution in [3.05, 3.63) is 65.5 Å². The summed E-state index contributed by atoms with van der Waals surface area (Å²) < 4.78 is 18.2. The van der Waals surface area contributed by atoms with Crippen LogP contribution < -0.4 is 5.32 Å². The third kappa shape index (κ3) is 4.92. The van der Waals surface area contributed by atoms with Crippen molar-refractivity contribution in [2.45, 2.75) is 26.4 Å². The maximum atomic E-state index is 13.1. The largest absolute Gasteiger partial charge is 0.452 e. The van der Waals surface area contributed by atoms with Crippen LogP contribution >= 0.6 is 0 Å². The van der Waals surface area contributed by atoms with Crippen LogP contribution in [0.1, 0.15) is 18.1 Å². The van der Waals surface area contributed by atoms with E-state index in [2.05, 4.69) is 5.32 Å². The van der Waals surface area contributed by atoms with E-state index in [1.165, 1.54) is 25.1 Å². The SMILES string of the molecule is Cc1ccccc1CC(=O)O[C@H](C)C(=O)Nc1cccc(F)c1. The van der Waals surface area contributed by atoms with Gasteiger partial charge in [0.25, 0.3) is 5.91 Å². The summed E-state index contributed by atoms with van der Waals surface area (Å²) in [6, 6.07) is 13.0. The van der Waals surface area contributed by atoms with E-state index in [1.54, 1.807) is 6.07 Å². The predicted octanol–water partition coefficient (Wildman–Crippen LogP) is 3.25. The number of ether oxygens (including phenoxy) is 1. The highest BCUT2D eigenvalue weighted by Crippen LogP contribution is 2.12. The van der Waals surface area contributed by atoms with Crippen LogP contribution in [0.3, 0.4) is 0 Å². The Hall–Kier alpha value is -2.69. The molecule has 0 aliphatic heterocycles. The maximum absolute atomic E-state index is 13.1. The van der Waals surface area contributed by atoms with Gasteiger partial charge in [-0.2, -0.15) is 0 Å². The summed E-state index contributed by atoms with van der Waals surface area (Å²) in [5, 5.41) is 2.51. The van der Waals surface area contributed by atoms with Crippen LogP contribution in [0.2, 0.25) is 0 Å². The first kappa shape index (κ1) is 16.7. The first-order valence-corrected chi connectivity index (χ1v) is 7.26. The number of carbonyl (C=O) groups excluding carboxylic acids is 2. The van der Waals surface area contributed by atoms with E-state index in [4.69, 9.17) is 4.74 Å². The topological polar surface area (TPSA) is 55.4 Å². The second kappa shape index (κ2) is 7.54. The Morgan fingerprint density at radius 2 is 1.91 bits per heavy atom. The van der Waals surface area contributed by atoms with Gasteiger partial charge in [0, 0.05) is 5.69 Å². The molecule has 2 aromatic carbocycles.